The summed E-state index contributed by atoms with van der Waals surface area (Å²) in [6, 6.07) is 20.6. The quantitative estimate of drug-likeness (QED) is 0.555. The van der Waals surface area contributed by atoms with Crippen LogP contribution in [0.3, 0.4) is 0 Å². The minimum absolute atomic E-state index is 0.181. The van der Waals surface area contributed by atoms with Crippen molar-refractivity contribution in [3.63, 3.8) is 0 Å². The smallest absolute Gasteiger partial charge is 0.270 e. The number of nitrogens with zero attached hydrogens (tertiary/aromatic N) is 2. The number of nitriles is 1. The first-order chi connectivity index (χ1) is 14.2. The largest absolute Gasteiger partial charge is 0.497 e. The summed E-state index contributed by atoms with van der Waals surface area (Å²) in [5.74, 6) is 0.880. The first-order valence-electron chi connectivity index (χ1n) is 8.99. The van der Waals surface area contributed by atoms with E-state index in [2.05, 4.69) is 16.4 Å². The predicted octanol–water partition coefficient (Wildman–Crippen LogP) is 4.31. The Morgan fingerprint density at radius 1 is 1.14 bits per heavy atom. The molecule has 1 N–H and O–H groups in total. The maximum atomic E-state index is 12.9. The summed E-state index contributed by atoms with van der Waals surface area (Å²) < 4.78 is 10.6. The van der Waals surface area contributed by atoms with Crippen molar-refractivity contribution in [2.45, 2.75) is 6.54 Å². The van der Waals surface area contributed by atoms with Crippen LogP contribution in [-0.2, 0) is 6.54 Å². The number of pyridine rings is 1. The predicted molar refractivity (Wildman–Crippen MR) is 108 cm³/mol. The molecule has 0 fully saturated rings. The second kappa shape index (κ2) is 7.87. The SMILES string of the molecule is COc1ccc2c(C(=O)NCc3ccco3)nc(C#N)c(-c3ccccc3)c2c1. The molecule has 4 rings (SSSR count). The molecular weight excluding hydrogens is 366 g/mol. The molecule has 0 aliphatic carbocycles. The van der Waals surface area contributed by atoms with Crippen LogP contribution >= 0.6 is 0 Å². The average Bonchev–Trinajstić information content (AvgIpc) is 3.30. The first-order valence-corrected chi connectivity index (χ1v) is 8.99. The zero-order valence-corrected chi connectivity index (χ0v) is 15.7. The number of rotatable bonds is 5. The topological polar surface area (TPSA) is 88.2 Å². The van der Waals surface area contributed by atoms with Crippen molar-refractivity contribution in [3.05, 3.63) is 84.1 Å². The number of carbonyl (C=O) groups is 1. The zero-order chi connectivity index (χ0) is 20.2. The maximum absolute atomic E-state index is 12.9. The Kier molecular flexibility index (Phi) is 4.95. The molecule has 0 aliphatic heterocycles. The average molecular weight is 383 g/mol. The molecule has 1 amide bonds. The Hall–Kier alpha value is -4.11. The number of carbonyl (C=O) groups excluding carboxylic acids is 1. The van der Waals surface area contributed by atoms with Crippen LogP contribution in [0.5, 0.6) is 5.75 Å². The summed E-state index contributed by atoms with van der Waals surface area (Å²) in [5, 5.41) is 13.9. The van der Waals surface area contributed by atoms with E-state index in [-0.39, 0.29) is 23.8 Å². The van der Waals surface area contributed by atoms with E-state index in [4.69, 9.17) is 9.15 Å². The third kappa shape index (κ3) is 3.54. The summed E-state index contributed by atoms with van der Waals surface area (Å²) in [6.45, 7) is 0.230. The van der Waals surface area contributed by atoms with E-state index < -0.39 is 0 Å². The Balaban J connectivity index is 1.88. The number of hydrogen-bond acceptors (Lipinski definition) is 5. The Bertz CT molecular complexity index is 1210. The minimum Gasteiger partial charge on any atom is -0.497 e. The Labute approximate surface area is 167 Å². The molecule has 0 aliphatic rings. The molecular formula is C23H17N3O3. The monoisotopic (exact) mass is 383 g/mol. The zero-order valence-electron chi connectivity index (χ0n) is 15.7. The number of aromatic nitrogens is 1. The van der Waals surface area contributed by atoms with E-state index in [0.29, 0.717) is 22.5 Å². The van der Waals surface area contributed by atoms with Gasteiger partial charge in [0.2, 0.25) is 0 Å². The van der Waals surface area contributed by atoms with E-state index in [9.17, 15) is 10.1 Å². The van der Waals surface area contributed by atoms with Crippen molar-refractivity contribution in [1.82, 2.24) is 10.3 Å². The molecule has 142 valence electrons. The van der Waals surface area contributed by atoms with Gasteiger partial charge in [0.1, 0.15) is 29.0 Å². The highest BCUT2D eigenvalue weighted by Crippen LogP contribution is 2.34. The number of furan rings is 1. The van der Waals surface area contributed by atoms with Crippen LogP contribution in [0.1, 0.15) is 21.9 Å². The fourth-order valence-corrected chi connectivity index (χ4v) is 3.23. The molecule has 2 heterocycles. The molecule has 0 saturated heterocycles. The molecule has 6 nitrogen and oxygen atoms in total. The lowest BCUT2D eigenvalue weighted by Crippen LogP contribution is -2.24. The van der Waals surface area contributed by atoms with Gasteiger partial charge in [-0.2, -0.15) is 5.26 Å². The van der Waals surface area contributed by atoms with Gasteiger partial charge in [-0.15, -0.1) is 0 Å². The van der Waals surface area contributed by atoms with Gasteiger partial charge in [0.15, 0.2) is 0 Å². The summed E-state index contributed by atoms with van der Waals surface area (Å²) in [4.78, 5) is 17.3. The second-order valence-electron chi connectivity index (χ2n) is 6.34. The summed E-state index contributed by atoms with van der Waals surface area (Å²) in [7, 11) is 1.58. The van der Waals surface area contributed by atoms with Crippen molar-refractivity contribution in [1.29, 1.82) is 5.26 Å². The number of hydrogen-bond donors (Lipinski definition) is 1. The Morgan fingerprint density at radius 3 is 2.66 bits per heavy atom. The number of nitrogens with one attached hydrogen (secondary N) is 1. The van der Waals surface area contributed by atoms with Crippen LogP contribution in [0, 0.1) is 11.3 Å². The van der Waals surface area contributed by atoms with Crippen LogP contribution in [0.25, 0.3) is 21.9 Å². The van der Waals surface area contributed by atoms with Gasteiger partial charge in [0.05, 0.1) is 19.9 Å². The number of benzene rings is 2. The lowest BCUT2D eigenvalue weighted by atomic mass is 9.95. The number of fused-ring (bicyclic) bond motifs is 1. The number of methoxy groups -OCH3 is 1. The molecule has 0 atom stereocenters. The summed E-state index contributed by atoms with van der Waals surface area (Å²) in [6.07, 6.45) is 1.55. The highest BCUT2D eigenvalue weighted by Gasteiger charge is 2.20. The van der Waals surface area contributed by atoms with E-state index in [1.54, 1.807) is 37.6 Å². The molecule has 4 aromatic rings. The van der Waals surface area contributed by atoms with E-state index >= 15 is 0 Å². The third-order valence-electron chi connectivity index (χ3n) is 4.60. The third-order valence-corrected chi connectivity index (χ3v) is 4.60. The Morgan fingerprint density at radius 2 is 1.97 bits per heavy atom. The van der Waals surface area contributed by atoms with Gasteiger partial charge in [-0.05, 0) is 41.3 Å². The molecule has 2 aromatic heterocycles. The normalized spacial score (nSPS) is 10.5. The molecule has 0 spiro atoms. The molecule has 0 saturated carbocycles. The molecule has 29 heavy (non-hydrogen) atoms. The van der Waals surface area contributed by atoms with Crippen LogP contribution in [0.4, 0.5) is 0 Å². The van der Waals surface area contributed by atoms with Gasteiger partial charge in [-0.3, -0.25) is 4.79 Å². The van der Waals surface area contributed by atoms with E-state index in [1.807, 2.05) is 36.4 Å². The lowest BCUT2D eigenvalue weighted by molar-refractivity contribution is 0.0945. The van der Waals surface area contributed by atoms with Gasteiger partial charge in [-0.1, -0.05) is 30.3 Å². The van der Waals surface area contributed by atoms with Gasteiger partial charge >= 0.3 is 0 Å². The second-order valence-corrected chi connectivity index (χ2v) is 6.34. The van der Waals surface area contributed by atoms with Crippen molar-refractivity contribution in [2.24, 2.45) is 0 Å². The highest BCUT2D eigenvalue weighted by atomic mass is 16.5. The van der Waals surface area contributed by atoms with Crippen molar-refractivity contribution < 1.29 is 13.9 Å². The fourth-order valence-electron chi connectivity index (χ4n) is 3.23. The van der Waals surface area contributed by atoms with Crippen molar-refractivity contribution in [3.8, 4) is 22.9 Å². The van der Waals surface area contributed by atoms with Crippen LogP contribution < -0.4 is 10.1 Å². The number of ether oxygens (including phenoxy) is 1. The van der Waals surface area contributed by atoms with Gasteiger partial charge in [-0.25, -0.2) is 4.98 Å². The molecule has 0 radical (unpaired) electrons. The lowest BCUT2D eigenvalue weighted by Gasteiger charge is -2.14. The van der Waals surface area contributed by atoms with Gasteiger partial charge in [0.25, 0.3) is 5.91 Å². The molecule has 2 aromatic carbocycles. The standard InChI is InChI=1S/C23H17N3O3/c1-28-16-9-10-18-19(12-16)21(15-6-3-2-4-7-15)20(13-24)26-22(18)23(27)25-14-17-8-5-11-29-17/h2-12H,14H2,1H3,(H,25,27). The van der Waals surface area contributed by atoms with Gasteiger partial charge in [0, 0.05) is 10.9 Å². The van der Waals surface area contributed by atoms with E-state index in [0.717, 1.165) is 10.9 Å². The summed E-state index contributed by atoms with van der Waals surface area (Å²) in [5.41, 5.74) is 1.88. The van der Waals surface area contributed by atoms with E-state index in [1.165, 1.54) is 0 Å². The highest BCUT2D eigenvalue weighted by molar-refractivity contribution is 6.10. The maximum Gasteiger partial charge on any atom is 0.270 e. The van der Waals surface area contributed by atoms with Crippen molar-refractivity contribution in [2.75, 3.05) is 7.11 Å². The molecule has 0 bridgehead atoms. The minimum atomic E-state index is -0.382. The first kappa shape index (κ1) is 18.3. The van der Waals surface area contributed by atoms with Crippen LogP contribution in [0.2, 0.25) is 0 Å². The number of amides is 1. The van der Waals surface area contributed by atoms with Crippen molar-refractivity contribution >= 4 is 16.7 Å². The fraction of sp³-hybridized carbons (Fsp3) is 0.0870. The van der Waals surface area contributed by atoms with Crippen LogP contribution in [-0.4, -0.2) is 18.0 Å². The molecule has 0 unspecified atom stereocenters. The van der Waals surface area contributed by atoms with Gasteiger partial charge < -0.3 is 14.5 Å². The molecule has 6 heteroatoms. The van der Waals surface area contributed by atoms with Crippen LogP contribution in [0.15, 0.2) is 71.3 Å². The summed E-state index contributed by atoms with van der Waals surface area (Å²) >= 11 is 0.